The highest BCUT2D eigenvalue weighted by Crippen LogP contribution is 2.22. The second kappa shape index (κ2) is 7.86. The minimum atomic E-state index is 0.114. The maximum absolute atomic E-state index is 10.6. The van der Waals surface area contributed by atoms with Crippen LogP contribution in [0.1, 0.15) is 59.8 Å². The van der Waals surface area contributed by atoms with Crippen LogP contribution in [0.25, 0.3) is 0 Å². The summed E-state index contributed by atoms with van der Waals surface area (Å²) in [6.07, 6.45) is 6.17. The van der Waals surface area contributed by atoms with Crippen LogP contribution in [0.15, 0.2) is 0 Å². The van der Waals surface area contributed by atoms with Gasteiger partial charge in [-0.05, 0) is 25.2 Å². The van der Waals surface area contributed by atoms with E-state index in [1.54, 1.807) is 6.92 Å². The molecule has 0 N–H and O–H groups in total. The van der Waals surface area contributed by atoms with Gasteiger partial charge in [0.15, 0.2) is 5.78 Å². The van der Waals surface area contributed by atoms with Gasteiger partial charge in [0.25, 0.3) is 0 Å². The van der Waals surface area contributed by atoms with Crippen LogP contribution in [0, 0.1) is 5.41 Å². The average molecular weight is 214 g/mol. The third kappa shape index (κ3) is 13.6. The number of rotatable bonds is 8. The molecular weight excluding hydrogens is 188 g/mol. The average Bonchev–Trinajstić information content (AvgIpc) is 2.07. The predicted octanol–water partition coefficient (Wildman–Crippen LogP) is 3.59. The smallest absolute Gasteiger partial charge is 0.155 e. The fourth-order valence-corrected chi connectivity index (χ4v) is 1.43. The highest BCUT2D eigenvalue weighted by molar-refractivity contribution is 5.76. The van der Waals surface area contributed by atoms with Crippen molar-refractivity contribution in [2.75, 3.05) is 13.2 Å². The molecule has 0 rings (SSSR count). The minimum Gasteiger partial charge on any atom is -0.374 e. The van der Waals surface area contributed by atoms with Gasteiger partial charge in [-0.15, -0.1) is 0 Å². The Labute approximate surface area is 94.4 Å². The summed E-state index contributed by atoms with van der Waals surface area (Å²) in [6, 6.07) is 0. The first-order valence-electron chi connectivity index (χ1n) is 5.99. The summed E-state index contributed by atoms with van der Waals surface area (Å²) in [5.74, 6) is 0.114. The lowest BCUT2D eigenvalue weighted by Crippen LogP contribution is -2.05. The Kier molecular flexibility index (Phi) is 7.67. The standard InChI is InChI=1S/C13H26O2/c1-12(14)11-15-10-8-6-5-7-9-13(2,3)4/h5-11H2,1-4H3. The first-order chi connectivity index (χ1) is 6.92. The molecular formula is C13H26O2. The maximum Gasteiger partial charge on any atom is 0.155 e. The summed E-state index contributed by atoms with van der Waals surface area (Å²) in [7, 11) is 0. The van der Waals surface area contributed by atoms with Crippen LogP contribution in [-0.4, -0.2) is 19.0 Å². The van der Waals surface area contributed by atoms with Crippen LogP contribution in [0.2, 0.25) is 0 Å². The number of unbranched alkanes of at least 4 members (excludes halogenated alkanes) is 3. The zero-order chi connectivity index (χ0) is 11.7. The van der Waals surface area contributed by atoms with Crippen molar-refractivity contribution in [2.24, 2.45) is 5.41 Å². The van der Waals surface area contributed by atoms with Crippen LogP contribution in [0.5, 0.6) is 0 Å². The van der Waals surface area contributed by atoms with Crippen LogP contribution in [-0.2, 0) is 9.53 Å². The first-order valence-corrected chi connectivity index (χ1v) is 5.99. The van der Waals surface area contributed by atoms with Gasteiger partial charge in [0.2, 0.25) is 0 Å². The van der Waals surface area contributed by atoms with Gasteiger partial charge in [-0.3, -0.25) is 4.79 Å². The molecule has 15 heavy (non-hydrogen) atoms. The quantitative estimate of drug-likeness (QED) is 0.577. The summed E-state index contributed by atoms with van der Waals surface area (Å²) in [5.41, 5.74) is 0.463. The lowest BCUT2D eigenvalue weighted by molar-refractivity contribution is -0.121. The maximum atomic E-state index is 10.6. The highest BCUT2D eigenvalue weighted by Gasteiger charge is 2.08. The topological polar surface area (TPSA) is 26.3 Å². The Bertz CT molecular complexity index is 168. The Morgan fingerprint density at radius 3 is 2.20 bits per heavy atom. The molecule has 0 aromatic carbocycles. The lowest BCUT2D eigenvalue weighted by Gasteiger charge is -2.17. The molecule has 0 fully saturated rings. The van der Waals surface area contributed by atoms with E-state index >= 15 is 0 Å². The molecule has 0 heterocycles. The molecule has 90 valence electrons. The van der Waals surface area contributed by atoms with E-state index in [4.69, 9.17) is 4.74 Å². The number of hydrogen-bond acceptors (Lipinski definition) is 2. The number of Topliss-reactive ketones (excluding diaryl/α,β-unsaturated/α-hetero) is 1. The van der Waals surface area contributed by atoms with Gasteiger partial charge < -0.3 is 4.74 Å². The number of carbonyl (C=O) groups is 1. The van der Waals surface area contributed by atoms with E-state index in [-0.39, 0.29) is 12.4 Å². The molecule has 0 spiro atoms. The van der Waals surface area contributed by atoms with E-state index in [1.807, 2.05) is 0 Å². The van der Waals surface area contributed by atoms with Gasteiger partial charge in [-0.2, -0.15) is 0 Å². The largest absolute Gasteiger partial charge is 0.374 e. The molecule has 0 aromatic heterocycles. The van der Waals surface area contributed by atoms with E-state index in [0.29, 0.717) is 5.41 Å². The van der Waals surface area contributed by atoms with Gasteiger partial charge in [0.05, 0.1) is 0 Å². The summed E-state index contributed by atoms with van der Waals surface area (Å²) < 4.78 is 5.19. The van der Waals surface area contributed by atoms with Crippen LogP contribution in [0.3, 0.4) is 0 Å². The molecule has 0 radical (unpaired) electrons. The number of hydrogen-bond donors (Lipinski definition) is 0. The molecule has 0 aliphatic rings. The first kappa shape index (κ1) is 14.6. The van der Waals surface area contributed by atoms with Gasteiger partial charge in [-0.1, -0.05) is 40.0 Å². The second-order valence-electron chi connectivity index (χ2n) is 5.48. The van der Waals surface area contributed by atoms with Crippen LogP contribution >= 0.6 is 0 Å². The summed E-state index contributed by atoms with van der Waals surface area (Å²) >= 11 is 0. The predicted molar refractivity (Wildman–Crippen MR) is 64.0 cm³/mol. The van der Waals surface area contributed by atoms with Crippen LogP contribution in [0.4, 0.5) is 0 Å². The van der Waals surface area contributed by atoms with E-state index in [1.165, 1.54) is 25.7 Å². The van der Waals surface area contributed by atoms with Crippen LogP contribution < -0.4 is 0 Å². The molecule has 0 bridgehead atoms. The molecule has 2 nitrogen and oxygen atoms in total. The van der Waals surface area contributed by atoms with Crippen molar-refractivity contribution in [3.05, 3.63) is 0 Å². The Morgan fingerprint density at radius 1 is 1.07 bits per heavy atom. The summed E-state index contributed by atoms with van der Waals surface area (Å²) in [5, 5.41) is 0. The molecule has 0 aliphatic heterocycles. The van der Waals surface area contributed by atoms with Crippen molar-refractivity contribution in [1.29, 1.82) is 0 Å². The zero-order valence-electron chi connectivity index (χ0n) is 10.8. The highest BCUT2D eigenvalue weighted by atomic mass is 16.5. The molecule has 0 amide bonds. The van der Waals surface area contributed by atoms with Crippen molar-refractivity contribution in [1.82, 2.24) is 0 Å². The van der Waals surface area contributed by atoms with Crippen molar-refractivity contribution in [3.8, 4) is 0 Å². The van der Waals surface area contributed by atoms with Gasteiger partial charge in [0, 0.05) is 6.61 Å². The number of ether oxygens (including phenoxy) is 1. The fraction of sp³-hybridized carbons (Fsp3) is 0.923. The van der Waals surface area contributed by atoms with E-state index < -0.39 is 0 Å². The van der Waals surface area contributed by atoms with Crippen molar-refractivity contribution in [2.45, 2.75) is 59.8 Å². The molecule has 0 saturated carbocycles. The van der Waals surface area contributed by atoms with Crippen molar-refractivity contribution < 1.29 is 9.53 Å². The lowest BCUT2D eigenvalue weighted by atomic mass is 9.89. The van der Waals surface area contributed by atoms with E-state index in [9.17, 15) is 4.79 Å². The third-order valence-corrected chi connectivity index (χ3v) is 2.27. The van der Waals surface area contributed by atoms with E-state index in [2.05, 4.69) is 20.8 Å². The SMILES string of the molecule is CC(=O)COCCCCCCC(C)(C)C. The van der Waals surface area contributed by atoms with Gasteiger partial charge >= 0.3 is 0 Å². The molecule has 0 aromatic rings. The van der Waals surface area contributed by atoms with Crippen molar-refractivity contribution >= 4 is 5.78 Å². The molecule has 0 aliphatic carbocycles. The summed E-state index contributed by atoms with van der Waals surface area (Å²) in [6.45, 7) is 9.41. The van der Waals surface area contributed by atoms with Gasteiger partial charge in [-0.25, -0.2) is 0 Å². The van der Waals surface area contributed by atoms with E-state index in [0.717, 1.165) is 13.0 Å². The third-order valence-electron chi connectivity index (χ3n) is 2.27. The zero-order valence-corrected chi connectivity index (χ0v) is 10.8. The number of carbonyl (C=O) groups excluding carboxylic acids is 1. The Hall–Kier alpha value is -0.370. The number of ketones is 1. The molecule has 2 heteroatoms. The Morgan fingerprint density at radius 2 is 1.67 bits per heavy atom. The minimum absolute atomic E-state index is 0.114. The second-order valence-corrected chi connectivity index (χ2v) is 5.48. The molecule has 0 unspecified atom stereocenters. The van der Waals surface area contributed by atoms with Crippen molar-refractivity contribution in [3.63, 3.8) is 0 Å². The monoisotopic (exact) mass is 214 g/mol. The van der Waals surface area contributed by atoms with Gasteiger partial charge in [0.1, 0.15) is 6.61 Å². The molecule has 0 saturated heterocycles. The summed E-state index contributed by atoms with van der Waals surface area (Å²) in [4.78, 5) is 10.6. The Balaban J connectivity index is 3.09. The fourth-order valence-electron chi connectivity index (χ4n) is 1.43. The molecule has 0 atom stereocenters. The normalized spacial score (nSPS) is 11.7.